The lowest BCUT2D eigenvalue weighted by Gasteiger charge is -2.12. The van der Waals surface area contributed by atoms with Crippen LogP contribution in [0.1, 0.15) is 10.5 Å². The highest BCUT2D eigenvalue weighted by Gasteiger charge is 2.15. The largest absolute Gasteiger partial charge is 0.497 e. The Morgan fingerprint density at radius 3 is 2.57 bits per heavy atom. The van der Waals surface area contributed by atoms with Gasteiger partial charge in [-0.3, -0.25) is 4.79 Å². The Bertz CT molecular complexity index is 677. The second kappa shape index (κ2) is 6.65. The van der Waals surface area contributed by atoms with Crippen LogP contribution in [-0.2, 0) is 0 Å². The molecule has 0 aliphatic heterocycles. The average Bonchev–Trinajstić information content (AvgIpc) is 2.49. The van der Waals surface area contributed by atoms with Crippen LogP contribution in [0.25, 0.3) is 0 Å². The summed E-state index contributed by atoms with van der Waals surface area (Å²) in [5.74, 6) is 0.576. The van der Waals surface area contributed by atoms with E-state index in [1.807, 2.05) is 0 Å². The third-order valence-electron chi connectivity index (χ3n) is 2.68. The van der Waals surface area contributed by atoms with Crippen molar-refractivity contribution >= 4 is 34.8 Å². The van der Waals surface area contributed by atoms with Crippen molar-refractivity contribution in [2.45, 2.75) is 0 Å². The van der Waals surface area contributed by atoms with Crippen molar-refractivity contribution in [1.82, 2.24) is 4.98 Å². The molecule has 0 unspecified atom stereocenters. The Kier molecular flexibility index (Phi) is 4.88. The molecule has 0 aliphatic carbocycles. The summed E-state index contributed by atoms with van der Waals surface area (Å²) in [6, 6.07) is 8.05. The van der Waals surface area contributed by atoms with Gasteiger partial charge in [-0.2, -0.15) is 0 Å². The fraction of sp³-hybridized carbons (Fsp3) is 0.143. The highest BCUT2D eigenvalue weighted by atomic mass is 35.5. The molecule has 5 nitrogen and oxygen atoms in total. The maximum Gasteiger partial charge on any atom is 0.275 e. The number of rotatable bonds is 4. The molecule has 0 atom stereocenters. The summed E-state index contributed by atoms with van der Waals surface area (Å²) in [4.78, 5) is 16.2. The van der Waals surface area contributed by atoms with E-state index >= 15 is 0 Å². The number of methoxy groups -OCH3 is 2. The molecule has 1 aromatic heterocycles. The van der Waals surface area contributed by atoms with Gasteiger partial charge in [0.05, 0.1) is 24.9 Å². The molecule has 2 rings (SSSR count). The SMILES string of the molecule is COc1ccc(OC)c(NC(=O)c2nc(Cl)ccc2Cl)c1. The van der Waals surface area contributed by atoms with Crippen LogP contribution >= 0.6 is 23.2 Å². The molecular weight excluding hydrogens is 315 g/mol. The van der Waals surface area contributed by atoms with Gasteiger partial charge in [-0.05, 0) is 24.3 Å². The average molecular weight is 327 g/mol. The van der Waals surface area contributed by atoms with E-state index in [0.29, 0.717) is 17.2 Å². The molecule has 7 heteroatoms. The lowest BCUT2D eigenvalue weighted by molar-refractivity contribution is 0.102. The minimum Gasteiger partial charge on any atom is -0.497 e. The number of hydrogen-bond donors (Lipinski definition) is 1. The third-order valence-corrected chi connectivity index (χ3v) is 3.20. The summed E-state index contributed by atoms with van der Waals surface area (Å²) in [7, 11) is 3.03. The number of aromatic nitrogens is 1. The van der Waals surface area contributed by atoms with Crippen molar-refractivity contribution < 1.29 is 14.3 Å². The first-order chi connectivity index (χ1) is 10.0. The van der Waals surface area contributed by atoms with E-state index in [4.69, 9.17) is 32.7 Å². The van der Waals surface area contributed by atoms with Crippen LogP contribution in [0, 0.1) is 0 Å². The molecule has 2 aromatic rings. The van der Waals surface area contributed by atoms with Crippen molar-refractivity contribution in [2.24, 2.45) is 0 Å². The van der Waals surface area contributed by atoms with Gasteiger partial charge < -0.3 is 14.8 Å². The highest BCUT2D eigenvalue weighted by Crippen LogP contribution is 2.29. The molecule has 0 bridgehead atoms. The summed E-state index contributed by atoms with van der Waals surface area (Å²) in [6.07, 6.45) is 0. The van der Waals surface area contributed by atoms with Gasteiger partial charge in [-0.1, -0.05) is 23.2 Å². The van der Waals surface area contributed by atoms with Crippen LogP contribution in [0.4, 0.5) is 5.69 Å². The maximum atomic E-state index is 12.2. The van der Waals surface area contributed by atoms with Gasteiger partial charge in [-0.15, -0.1) is 0 Å². The molecule has 1 N–H and O–H groups in total. The Hall–Kier alpha value is -1.98. The summed E-state index contributed by atoms with van der Waals surface area (Å²) < 4.78 is 10.3. The normalized spacial score (nSPS) is 10.1. The first kappa shape index (κ1) is 15.4. The van der Waals surface area contributed by atoms with Gasteiger partial charge in [0.2, 0.25) is 0 Å². The van der Waals surface area contributed by atoms with Gasteiger partial charge in [0, 0.05) is 6.07 Å². The van der Waals surface area contributed by atoms with E-state index < -0.39 is 5.91 Å². The number of hydrogen-bond acceptors (Lipinski definition) is 4. The summed E-state index contributed by atoms with van der Waals surface area (Å²) in [5, 5.41) is 3.06. The summed E-state index contributed by atoms with van der Waals surface area (Å²) in [5.41, 5.74) is 0.480. The van der Waals surface area contributed by atoms with Crippen molar-refractivity contribution in [1.29, 1.82) is 0 Å². The van der Waals surface area contributed by atoms with Crippen molar-refractivity contribution in [2.75, 3.05) is 19.5 Å². The van der Waals surface area contributed by atoms with Crippen molar-refractivity contribution in [3.63, 3.8) is 0 Å². The van der Waals surface area contributed by atoms with Crippen molar-refractivity contribution in [3.8, 4) is 11.5 Å². The van der Waals surface area contributed by atoms with Crippen LogP contribution in [-0.4, -0.2) is 25.1 Å². The van der Waals surface area contributed by atoms with Crippen LogP contribution < -0.4 is 14.8 Å². The van der Waals surface area contributed by atoms with Crippen LogP contribution in [0.3, 0.4) is 0 Å². The summed E-state index contributed by atoms with van der Waals surface area (Å²) >= 11 is 11.7. The van der Waals surface area contributed by atoms with Gasteiger partial charge in [0.1, 0.15) is 22.3 Å². The monoisotopic (exact) mass is 326 g/mol. The number of halogens is 2. The fourth-order valence-electron chi connectivity index (χ4n) is 1.67. The molecule has 0 saturated carbocycles. The quantitative estimate of drug-likeness (QED) is 0.871. The maximum absolute atomic E-state index is 12.2. The molecule has 0 radical (unpaired) electrons. The zero-order chi connectivity index (χ0) is 15.4. The van der Waals surface area contributed by atoms with Gasteiger partial charge in [-0.25, -0.2) is 4.98 Å². The molecule has 21 heavy (non-hydrogen) atoms. The zero-order valence-corrected chi connectivity index (χ0v) is 12.8. The number of nitrogens with one attached hydrogen (secondary N) is 1. The first-order valence-electron chi connectivity index (χ1n) is 5.90. The van der Waals surface area contributed by atoms with Gasteiger partial charge in [0.15, 0.2) is 0 Å². The fourth-order valence-corrected chi connectivity index (χ4v) is 2.01. The number of anilines is 1. The van der Waals surface area contributed by atoms with E-state index in [0.717, 1.165) is 0 Å². The Labute approximate surface area is 131 Å². The lowest BCUT2D eigenvalue weighted by Crippen LogP contribution is -2.15. The molecule has 0 spiro atoms. The molecule has 110 valence electrons. The molecule has 1 amide bonds. The standard InChI is InChI=1S/C14H12Cl2N2O3/c1-20-8-3-5-11(21-2)10(7-8)17-14(19)13-9(15)4-6-12(16)18-13/h3-7H,1-2H3,(H,17,19). The van der Waals surface area contributed by atoms with Crippen molar-refractivity contribution in [3.05, 3.63) is 46.2 Å². The Morgan fingerprint density at radius 1 is 1.14 bits per heavy atom. The lowest BCUT2D eigenvalue weighted by atomic mass is 10.2. The second-order valence-electron chi connectivity index (χ2n) is 3.98. The molecular formula is C14H12Cl2N2O3. The highest BCUT2D eigenvalue weighted by molar-refractivity contribution is 6.35. The predicted molar refractivity (Wildman–Crippen MR) is 81.8 cm³/mol. The number of ether oxygens (including phenoxy) is 2. The number of benzene rings is 1. The molecule has 1 aromatic carbocycles. The van der Waals surface area contributed by atoms with Crippen LogP contribution in [0.15, 0.2) is 30.3 Å². The minimum absolute atomic E-state index is 0.0361. The Balaban J connectivity index is 2.32. The number of carbonyl (C=O) groups excluding carboxylic acids is 1. The molecule has 0 fully saturated rings. The summed E-state index contributed by atoms with van der Waals surface area (Å²) in [6.45, 7) is 0. The smallest absolute Gasteiger partial charge is 0.275 e. The van der Waals surface area contributed by atoms with Gasteiger partial charge in [0.25, 0.3) is 5.91 Å². The molecule has 0 aliphatic rings. The van der Waals surface area contributed by atoms with E-state index in [2.05, 4.69) is 10.3 Å². The third kappa shape index (κ3) is 3.56. The predicted octanol–water partition coefficient (Wildman–Crippen LogP) is 3.66. The molecule has 0 saturated heterocycles. The zero-order valence-electron chi connectivity index (χ0n) is 11.3. The van der Waals surface area contributed by atoms with E-state index in [1.165, 1.54) is 26.4 Å². The molecule has 1 heterocycles. The minimum atomic E-state index is -0.492. The van der Waals surface area contributed by atoms with E-state index in [-0.39, 0.29) is 15.9 Å². The number of pyridine rings is 1. The number of amides is 1. The van der Waals surface area contributed by atoms with Gasteiger partial charge >= 0.3 is 0 Å². The number of carbonyl (C=O) groups is 1. The number of nitrogens with zero attached hydrogens (tertiary/aromatic N) is 1. The van der Waals surface area contributed by atoms with Crippen LogP contribution in [0.2, 0.25) is 10.2 Å². The Morgan fingerprint density at radius 2 is 1.90 bits per heavy atom. The second-order valence-corrected chi connectivity index (χ2v) is 4.78. The first-order valence-corrected chi connectivity index (χ1v) is 6.66. The topological polar surface area (TPSA) is 60.5 Å². The van der Waals surface area contributed by atoms with E-state index in [1.54, 1.807) is 18.2 Å². The van der Waals surface area contributed by atoms with E-state index in [9.17, 15) is 4.79 Å². The van der Waals surface area contributed by atoms with Crippen LogP contribution in [0.5, 0.6) is 11.5 Å².